The number of hydrogen-bond donors (Lipinski definition) is 2. The lowest BCUT2D eigenvalue weighted by Gasteiger charge is -2.53. The molecule has 0 aromatic rings. The minimum atomic E-state index is -1.42. The summed E-state index contributed by atoms with van der Waals surface area (Å²) in [6.45, 7) is 1.96. The molecule has 3 aliphatic heterocycles. The van der Waals surface area contributed by atoms with E-state index in [2.05, 4.69) is 4.90 Å². The smallest absolute Gasteiger partial charge is 0.144 e. The van der Waals surface area contributed by atoms with E-state index < -0.39 is 11.3 Å². The van der Waals surface area contributed by atoms with Gasteiger partial charge < -0.3 is 15.7 Å². The molecule has 0 amide bonds. The molecule has 3 nitrogen and oxygen atoms in total. The third kappa shape index (κ3) is 0.917. The highest BCUT2D eigenvalue weighted by atomic mass is 19.1. The Kier molecular flexibility index (Phi) is 1.68. The highest BCUT2D eigenvalue weighted by molar-refractivity contribution is 5.10. The summed E-state index contributed by atoms with van der Waals surface area (Å²) in [5.41, 5.74) is 2.68. The van der Waals surface area contributed by atoms with Crippen LogP contribution in [0.15, 0.2) is 0 Å². The van der Waals surface area contributed by atoms with Gasteiger partial charge in [-0.15, -0.1) is 0 Å². The Morgan fingerprint density at radius 1 is 1.42 bits per heavy atom. The van der Waals surface area contributed by atoms with Crippen molar-refractivity contribution in [2.45, 2.75) is 24.1 Å². The summed E-state index contributed by atoms with van der Waals surface area (Å²) in [5.74, 6) is 0. The van der Waals surface area contributed by atoms with Gasteiger partial charge in [0.15, 0.2) is 0 Å². The molecule has 0 radical (unpaired) electrons. The number of alkyl halides is 1. The molecule has 1 unspecified atom stereocenters. The van der Waals surface area contributed by atoms with E-state index in [1.165, 1.54) is 0 Å². The molecule has 70 valence electrons. The van der Waals surface area contributed by atoms with Crippen molar-refractivity contribution in [3.05, 3.63) is 0 Å². The fourth-order valence-corrected chi connectivity index (χ4v) is 2.29. The van der Waals surface area contributed by atoms with Crippen LogP contribution in [0.25, 0.3) is 0 Å². The Bertz CT molecular complexity index is 189. The molecule has 3 heterocycles. The van der Waals surface area contributed by atoms with E-state index >= 15 is 0 Å². The standard InChI is InChI=1S/C8H15FN2O/c9-7-1-3-11(4-2-7)6-8(7,12)5-10/h12H,1-6,10H2. The number of fused-ring (bicyclic) bond motifs is 3. The van der Waals surface area contributed by atoms with Gasteiger partial charge in [-0.1, -0.05) is 0 Å². The Balaban J connectivity index is 2.26. The van der Waals surface area contributed by atoms with Crippen molar-refractivity contribution in [1.82, 2.24) is 4.90 Å². The molecule has 0 spiro atoms. The first kappa shape index (κ1) is 8.41. The number of piperidine rings is 3. The van der Waals surface area contributed by atoms with Crippen molar-refractivity contribution in [2.75, 3.05) is 26.2 Å². The summed E-state index contributed by atoms with van der Waals surface area (Å²) in [4.78, 5) is 2.08. The van der Waals surface area contributed by atoms with E-state index in [0.717, 1.165) is 13.1 Å². The van der Waals surface area contributed by atoms with Crippen LogP contribution in [-0.2, 0) is 0 Å². The summed E-state index contributed by atoms with van der Waals surface area (Å²) in [6.07, 6.45) is 0.862. The highest BCUT2D eigenvalue weighted by Gasteiger charge is 2.56. The summed E-state index contributed by atoms with van der Waals surface area (Å²) in [5, 5.41) is 9.89. The summed E-state index contributed by atoms with van der Waals surface area (Å²) >= 11 is 0. The van der Waals surface area contributed by atoms with Crippen molar-refractivity contribution >= 4 is 0 Å². The van der Waals surface area contributed by atoms with Crippen LogP contribution in [0.5, 0.6) is 0 Å². The topological polar surface area (TPSA) is 49.5 Å². The fourth-order valence-electron chi connectivity index (χ4n) is 2.29. The minimum absolute atomic E-state index is 0.0278. The lowest BCUT2D eigenvalue weighted by molar-refractivity contribution is -0.177. The first-order valence-electron chi connectivity index (χ1n) is 4.43. The molecule has 12 heavy (non-hydrogen) atoms. The summed E-state index contributed by atoms with van der Waals surface area (Å²) in [6, 6.07) is 0. The lowest BCUT2D eigenvalue weighted by Crippen LogP contribution is -2.70. The second kappa shape index (κ2) is 2.40. The molecule has 1 atom stereocenters. The van der Waals surface area contributed by atoms with Crippen molar-refractivity contribution in [3.63, 3.8) is 0 Å². The zero-order valence-corrected chi connectivity index (χ0v) is 7.09. The van der Waals surface area contributed by atoms with Crippen molar-refractivity contribution in [3.8, 4) is 0 Å². The second-order valence-electron chi connectivity index (χ2n) is 3.98. The van der Waals surface area contributed by atoms with Crippen molar-refractivity contribution in [2.24, 2.45) is 5.73 Å². The van der Waals surface area contributed by atoms with Gasteiger partial charge in [0.1, 0.15) is 11.3 Å². The molecule has 3 rings (SSSR count). The van der Waals surface area contributed by atoms with Crippen LogP contribution in [0.2, 0.25) is 0 Å². The van der Waals surface area contributed by atoms with Gasteiger partial charge in [-0.2, -0.15) is 0 Å². The van der Waals surface area contributed by atoms with Crippen LogP contribution < -0.4 is 5.73 Å². The quantitative estimate of drug-likeness (QED) is 0.563. The first-order valence-corrected chi connectivity index (χ1v) is 4.43. The third-order valence-corrected chi connectivity index (χ3v) is 3.31. The maximum absolute atomic E-state index is 14.0. The van der Waals surface area contributed by atoms with E-state index in [1.54, 1.807) is 0 Å². The Labute approximate surface area is 71.3 Å². The zero-order chi connectivity index (χ0) is 8.82. The van der Waals surface area contributed by atoms with Crippen LogP contribution in [-0.4, -0.2) is 47.5 Å². The van der Waals surface area contributed by atoms with E-state index in [4.69, 9.17) is 5.73 Å². The normalized spacial score (nSPS) is 52.8. The first-order chi connectivity index (χ1) is 5.60. The molecule has 0 aromatic heterocycles. The molecule has 3 fully saturated rings. The third-order valence-electron chi connectivity index (χ3n) is 3.31. The van der Waals surface area contributed by atoms with Crippen LogP contribution in [0.1, 0.15) is 12.8 Å². The molecule has 0 aliphatic carbocycles. The maximum Gasteiger partial charge on any atom is 0.144 e. The van der Waals surface area contributed by atoms with Crippen LogP contribution in [0.3, 0.4) is 0 Å². The summed E-state index contributed by atoms with van der Waals surface area (Å²) in [7, 11) is 0. The molecule has 0 saturated carbocycles. The van der Waals surface area contributed by atoms with Gasteiger partial charge in [0, 0.05) is 26.2 Å². The fraction of sp³-hybridized carbons (Fsp3) is 1.00. The van der Waals surface area contributed by atoms with Gasteiger partial charge in [0.05, 0.1) is 0 Å². The maximum atomic E-state index is 14.0. The van der Waals surface area contributed by atoms with Gasteiger partial charge in [-0.25, -0.2) is 4.39 Å². The monoisotopic (exact) mass is 174 g/mol. The Morgan fingerprint density at radius 3 is 2.33 bits per heavy atom. The summed E-state index contributed by atoms with van der Waals surface area (Å²) < 4.78 is 14.0. The Hall–Kier alpha value is -0.190. The molecule has 3 saturated heterocycles. The number of nitrogens with zero attached hydrogens (tertiary/aromatic N) is 1. The van der Waals surface area contributed by atoms with E-state index in [-0.39, 0.29) is 6.54 Å². The molecule has 3 aliphatic rings. The van der Waals surface area contributed by atoms with Gasteiger partial charge >= 0.3 is 0 Å². The lowest BCUT2D eigenvalue weighted by atomic mass is 9.73. The van der Waals surface area contributed by atoms with Crippen LogP contribution in [0, 0.1) is 0 Å². The number of rotatable bonds is 1. The highest BCUT2D eigenvalue weighted by Crippen LogP contribution is 2.41. The average molecular weight is 174 g/mol. The largest absolute Gasteiger partial charge is 0.384 e. The van der Waals surface area contributed by atoms with E-state index in [9.17, 15) is 9.50 Å². The molecule has 0 aromatic carbocycles. The number of nitrogens with two attached hydrogens (primary N) is 1. The Morgan fingerprint density at radius 2 is 2.00 bits per heavy atom. The average Bonchev–Trinajstić information content (AvgIpc) is 2.08. The van der Waals surface area contributed by atoms with Crippen LogP contribution >= 0.6 is 0 Å². The molecule has 3 N–H and O–H groups in total. The van der Waals surface area contributed by atoms with Gasteiger partial charge in [0.2, 0.25) is 0 Å². The molecular weight excluding hydrogens is 159 g/mol. The zero-order valence-electron chi connectivity index (χ0n) is 7.09. The predicted octanol–water partition coefficient (Wildman–Crippen LogP) is -0.506. The number of hydrogen-bond acceptors (Lipinski definition) is 3. The van der Waals surface area contributed by atoms with Gasteiger partial charge in [-0.05, 0) is 12.8 Å². The molecular formula is C8H15FN2O. The van der Waals surface area contributed by atoms with E-state index in [0.29, 0.717) is 19.4 Å². The van der Waals surface area contributed by atoms with Crippen molar-refractivity contribution < 1.29 is 9.50 Å². The number of aliphatic hydroxyl groups is 1. The minimum Gasteiger partial charge on any atom is -0.384 e. The van der Waals surface area contributed by atoms with Crippen molar-refractivity contribution in [1.29, 1.82) is 0 Å². The van der Waals surface area contributed by atoms with Crippen LogP contribution in [0.4, 0.5) is 4.39 Å². The van der Waals surface area contributed by atoms with Gasteiger partial charge in [0.25, 0.3) is 0 Å². The SMILES string of the molecule is NCC1(O)CN2CCC1(F)CC2. The van der Waals surface area contributed by atoms with E-state index in [1.807, 2.05) is 0 Å². The predicted molar refractivity (Wildman–Crippen MR) is 43.5 cm³/mol. The second-order valence-corrected chi connectivity index (χ2v) is 3.98. The van der Waals surface area contributed by atoms with Gasteiger partial charge in [-0.3, -0.25) is 0 Å². The number of halogens is 1. The molecule has 2 bridgehead atoms. The molecule has 4 heteroatoms.